The standard InChI is InChI=1S/C42H54N8O9/c51-35-16-15-34(39(53)45-35)49-40(54)32-9-4-10-33(37(32)41(49)55)43-18-22-57-24-25-58-23-19-44-36(52)27-59-31-13-11-30(12-14-31)50-42(56)46-38(47-50)29-8-5-20-48(26-29)21-17-28-6-2-1-3-7-28/h4,9-14,28-29,34,43H,1-3,5-8,15-27H2,(H,44,52)(H,45,51,53)(H,46,47,56)/t29-,34?/m0/s1. The van der Waals surface area contributed by atoms with Gasteiger partial charge in [-0.25, -0.2) is 4.79 Å². The maximum absolute atomic E-state index is 13.2. The molecule has 2 saturated heterocycles. The van der Waals surface area contributed by atoms with Crippen LogP contribution in [0.15, 0.2) is 47.3 Å². The molecule has 3 aromatic rings. The van der Waals surface area contributed by atoms with Crippen molar-refractivity contribution in [2.24, 2.45) is 5.92 Å². The monoisotopic (exact) mass is 814 g/mol. The number of anilines is 1. The van der Waals surface area contributed by atoms with Crippen molar-refractivity contribution < 1.29 is 38.2 Å². The van der Waals surface area contributed by atoms with Crippen LogP contribution in [0.4, 0.5) is 5.69 Å². The first-order valence-electron chi connectivity index (χ1n) is 20.9. The Bertz CT molecular complexity index is 2030. The number of imide groups is 2. The zero-order chi connectivity index (χ0) is 41.1. The summed E-state index contributed by atoms with van der Waals surface area (Å²) < 4.78 is 18.2. The summed E-state index contributed by atoms with van der Waals surface area (Å²) in [6.07, 6.45) is 10.3. The first-order chi connectivity index (χ1) is 28.7. The number of likely N-dealkylation sites (tertiary alicyclic amines) is 1. The molecular weight excluding hydrogens is 761 g/mol. The number of H-pyrrole nitrogens is 1. The van der Waals surface area contributed by atoms with Gasteiger partial charge in [-0.05, 0) is 81.1 Å². The maximum Gasteiger partial charge on any atom is 0.348 e. The van der Waals surface area contributed by atoms with Crippen molar-refractivity contribution in [2.45, 2.75) is 76.2 Å². The minimum Gasteiger partial charge on any atom is -0.484 e. The van der Waals surface area contributed by atoms with E-state index < -0.39 is 29.7 Å². The molecule has 1 unspecified atom stereocenters. The number of carbonyl (C=O) groups excluding carboxylic acids is 5. The lowest BCUT2D eigenvalue weighted by Gasteiger charge is -2.33. The molecule has 59 heavy (non-hydrogen) atoms. The van der Waals surface area contributed by atoms with Crippen LogP contribution in [-0.4, -0.2) is 126 Å². The lowest BCUT2D eigenvalue weighted by atomic mass is 9.86. The van der Waals surface area contributed by atoms with E-state index in [9.17, 15) is 28.8 Å². The predicted molar refractivity (Wildman–Crippen MR) is 216 cm³/mol. The Hall–Kier alpha value is -5.39. The SMILES string of the molecule is O=C(COc1ccc(-n2nc([C@H]3CCCN(CCC4CCCCC4)C3)[nH]c2=O)cc1)NCCOCCOCCNc1cccc2c1C(=O)N(C1CCC(=O)NC1=O)C2=O. The molecule has 4 heterocycles. The van der Waals surface area contributed by atoms with Gasteiger partial charge in [0.05, 0.1) is 43.2 Å². The van der Waals surface area contributed by atoms with Gasteiger partial charge in [0.2, 0.25) is 11.8 Å². The average Bonchev–Trinajstić information content (AvgIpc) is 3.76. The van der Waals surface area contributed by atoms with Gasteiger partial charge in [0.1, 0.15) is 17.6 Å². The highest BCUT2D eigenvalue weighted by atomic mass is 16.5. The van der Waals surface area contributed by atoms with E-state index in [0.29, 0.717) is 43.5 Å². The van der Waals surface area contributed by atoms with Crippen LogP contribution in [0.3, 0.4) is 0 Å². The number of aromatic nitrogens is 3. The van der Waals surface area contributed by atoms with Crippen molar-refractivity contribution in [3.8, 4) is 11.4 Å². The fourth-order valence-corrected chi connectivity index (χ4v) is 8.41. The molecule has 1 saturated carbocycles. The van der Waals surface area contributed by atoms with Crippen LogP contribution >= 0.6 is 0 Å². The third kappa shape index (κ3) is 10.6. The zero-order valence-corrected chi connectivity index (χ0v) is 33.4. The first-order valence-corrected chi connectivity index (χ1v) is 20.9. The van der Waals surface area contributed by atoms with Crippen molar-refractivity contribution in [3.63, 3.8) is 0 Å². The fraction of sp³-hybridized carbons (Fsp3) is 0.548. The minimum atomic E-state index is -1.03. The van der Waals surface area contributed by atoms with Crippen LogP contribution in [0.5, 0.6) is 5.75 Å². The topological polar surface area (TPSA) is 206 Å². The van der Waals surface area contributed by atoms with E-state index in [1.807, 2.05) is 0 Å². The summed E-state index contributed by atoms with van der Waals surface area (Å²) in [6, 6.07) is 10.8. The quantitative estimate of drug-likeness (QED) is 0.102. The van der Waals surface area contributed by atoms with E-state index >= 15 is 0 Å². The second-order valence-electron chi connectivity index (χ2n) is 15.6. The summed E-state index contributed by atoms with van der Waals surface area (Å²) >= 11 is 0. The van der Waals surface area contributed by atoms with Gasteiger partial charge in [-0.3, -0.25) is 39.2 Å². The van der Waals surface area contributed by atoms with Gasteiger partial charge in [0.15, 0.2) is 6.61 Å². The molecule has 1 aliphatic carbocycles. The molecule has 17 nitrogen and oxygen atoms in total. The number of fused-ring (bicyclic) bond motifs is 1. The van der Waals surface area contributed by atoms with E-state index in [-0.39, 0.29) is 61.2 Å². The number of ether oxygens (including phenoxy) is 3. The maximum atomic E-state index is 13.2. The number of aromatic amines is 1. The highest BCUT2D eigenvalue weighted by Crippen LogP contribution is 2.33. The van der Waals surface area contributed by atoms with Gasteiger partial charge in [0.25, 0.3) is 17.7 Å². The number of rotatable bonds is 19. The van der Waals surface area contributed by atoms with Gasteiger partial charge in [0, 0.05) is 37.7 Å². The number of hydrogen-bond donors (Lipinski definition) is 4. The first kappa shape index (κ1) is 41.8. The summed E-state index contributed by atoms with van der Waals surface area (Å²) in [5.74, 6) is -0.258. The Morgan fingerprint density at radius 1 is 0.847 bits per heavy atom. The van der Waals surface area contributed by atoms with Gasteiger partial charge in [-0.15, -0.1) is 5.10 Å². The van der Waals surface area contributed by atoms with Crippen LogP contribution in [0, 0.1) is 5.92 Å². The van der Waals surface area contributed by atoms with Crippen molar-refractivity contribution in [2.75, 3.05) is 71.1 Å². The van der Waals surface area contributed by atoms with Crippen molar-refractivity contribution in [3.05, 3.63) is 69.9 Å². The molecule has 7 rings (SSSR count). The summed E-state index contributed by atoms with van der Waals surface area (Å²) in [5, 5.41) is 12.7. The summed E-state index contributed by atoms with van der Waals surface area (Å²) in [5.41, 5.74) is 1.18. The smallest absolute Gasteiger partial charge is 0.348 e. The second kappa shape index (κ2) is 20.0. The molecule has 316 valence electrons. The number of nitrogens with zero attached hydrogens (tertiary/aromatic N) is 4. The number of nitrogens with one attached hydrogen (secondary N) is 4. The van der Waals surface area contributed by atoms with Crippen LogP contribution in [0.25, 0.3) is 5.69 Å². The average molecular weight is 815 g/mol. The molecule has 2 atom stereocenters. The number of piperidine rings is 2. The predicted octanol–water partition coefficient (Wildman–Crippen LogP) is 2.75. The van der Waals surface area contributed by atoms with Gasteiger partial charge in [-0.2, -0.15) is 4.68 Å². The summed E-state index contributed by atoms with van der Waals surface area (Å²) in [6.45, 7) is 4.75. The molecule has 17 heteroatoms. The molecular formula is C42H54N8O9. The molecule has 1 aromatic heterocycles. The van der Waals surface area contributed by atoms with E-state index in [1.54, 1.807) is 36.4 Å². The van der Waals surface area contributed by atoms with E-state index in [2.05, 4.69) is 30.9 Å². The minimum absolute atomic E-state index is 0.0518. The Morgan fingerprint density at radius 2 is 1.63 bits per heavy atom. The molecule has 0 radical (unpaired) electrons. The van der Waals surface area contributed by atoms with E-state index in [4.69, 9.17) is 14.2 Å². The Morgan fingerprint density at radius 3 is 2.41 bits per heavy atom. The molecule has 3 fully saturated rings. The highest BCUT2D eigenvalue weighted by molar-refractivity contribution is 6.25. The van der Waals surface area contributed by atoms with Crippen molar-refractivity contribution in [1.29, 1.82) is 0 Å². The van der Waals surface area contributed by atoms with E-state index in [0.717, 1.165) is 49.1 Å². The molecule has 4 aliphatic rings. The number of amides is 5. The second-order valence-corrected chi connectivity index (χ2v) is 15.6. The third-order valence-electron chi connectivity index (χ3n) is 11.5. The Kier molecular flexibility index (Phi) is 14.2. The fourth-order valence-electron chi connectivity index (χ4n) is 8.41. The van der Waals surface area contributed by atoms with Crippen molar-refractivity contribution >= 4 is 35.2 Å². The highest BCUT2D eigenvalue weighted by Gasteiger charge is 2.45. The molecule has 5 amide bonds. The Balaban J connectivity index is 0.745. The number of benzene rings is 2. The molecule has 3 aliphatic heterocycles. The number of carbonyl (C=O) groups is 5. The zero-order valence-electron chi connectivity index (χ0n) is 33.4. The molecule has 0 spiro atoms. The van der Waals surface area contributed by atoms with Crippen LogP contribution in [-0.2, 0) is 23.9 Å². The molecule has 0 bridgehead atoms. The van der Waals surface area contributed by atoms with Gasteiger partial charge in [-0.1, -0.05) is 38.2 Å². The molecule has 2 aromatic carbocycles. The molecule has 4 N–H and O–H groups in total. The van der Waals surface area contributed by atoms with Crippen molar-refractivity contribution in [1.82, 2.24) is 35.2 Å². The summed E-state index contributed by atoms with van der Waals surface area (Å²) in [4.78, 5) is 81.8. The lowest BCUT2D eigenvalue weighted by molar-refractivity contribution is -0.136. The summed E-state index contributed by atoms with van der Waals surface area (Å²) in [7, 11) is 0. The van der Waals surface area contributed by atoms with Gasteiger partial charge >= 0.3 is 5.69 Å². The normalized spacial score (nSPS) is 20.1. The van der Waals surface area contributed by atoms with Crippen LogP contribution in [0.1, 0.15) is 96.7 Å². The van der Waals surface area contributed by atoms with Crippen LogP contribution < -0.4 is 26.4 Å². The van der Waals surface area contributed by atoms with Gasteiger partial charge < -0.3 is 29.7 Å². The number of hydrogen-bond acceptors (Lipinski definition) is 12. The van der Waals surface area contributed by atoms with E-state index in [1.165, 1.54) is 49.3 Å². The lowest BCUT2D eigenvalue weighted by Crippen LogP contribution is -2.54. The largest absolute Gasteiger partial charge is 0.484 e. The third-order valence-corrected chi connectivity index (χ3v) is 11.5. The Labute approximate surface area is 342 Å². The van der Waals surface area contributed by atoms with Crippen LogP contribution in [0.2, 0.25) is 0 Å².